The van der Waals surface area contributed by atoms with E-state index in [0.717, 1.165) is 5.82 Å². The highest BCUT2D eigenvalue weighted by atomic mass is 15.0. The number of aromatic nitrogens is 2. The Bertz CT molecular complexity index is 219. The second-order valence-corrected chi connectivity index (χ2v) is 1.86. The molecule has 52 valence electrons. The van der Waals surface area contributed by atoms with E-state index in [0.29, 0.717) is 0 Å². The smallest absolute Gasteiger partial charge is 0.135 e. The minimum Gasteiger partial charge on any atom is -0.346 e. The maximum atomic E-state index is 5.20. The highest BCUT2D eigenvalue weighted by molar-refractivity contribution is 5.10. The van der Waals surface area contributed by atoms with Crippen LogP contribution in [-0.2, 0) is 0 Å². The SMILES string of the molecule is C#CC(NC)c1ncc[nH]1. The van der Waals surface area contributed by atoms with Crippen LogP contribution in [0.1, 0.15) is 11.9 Å². The molecule has 0 amide bonds. The summed E-state index contributed by atoms with van der Waals surface area (Å²) in [5, 5.41) is 2.92. The van der Waals surface area contributed by atoms with Gasteiger partial charge in [0, 0.05) is 12.4 Å². The summed E-state index contributed by atoms with van der Waals surface area (Å²) < 4.78 is 0. The molecule has 1 unspecified atom stereocenters. The second-order valence-electron chi connectivity index (χ2n) is 1.86. The van der Waals surface area contributed by atoms with E-state index in [1.165, 1.54) is 0 Å². The lowest BCUT2D eigenvalue weighted by molar-refractivity contribution is 0.696. The minimum absolute atomic E-state index is 0.102. The van der Waals surface area contributed by atoms with Gasteiger partial charge in [-0.05, 0) is 7.05 Å². The molecule has 1 rings (SSSR count). The van der Waals surface area contributed by atoms with E-state index in [-0.39, 0.29) is 6.04 Å². The van der Waals surface area contributed by atoms with Gasteiger partial charge in [-0.2, -0.15) is 0 Å². The van der Waals surface area contributed by atoms with E-state index in [1.54, 1.807) is 19.4 Å². The van der Waals surface area contributed by atoms with Crippen LogP contribution in [0.4, 0.5) is 0 Å². The highest BCUT2D eigenvalue weighted by Crippen LogP contribution is 2.02. The fourth-order valence-electron chi connectivity index (χ4n) is 0.734. The van der Waals surface area contributed by atoms with E-state index in [4.69, 9.17) is 6.42 Å². The van der Waals surface area contributed by atoms with Gasteiger partial charge in [0.15, 0.2) is 0 Å². The molecular weight excluding hydrogens is 126 g/mol. The third kappa shape index (κ3) is 1.17. The predicted molar refractivity (Wildman–Crippen MR) is 39.2 cm³/mol. The quantitative estimate of drug-likeness (QED) is 0.573. The molecule has 10 heavy (non-hydrogen) atoms. The molecule has 1 aromatic rings. The number of hydrogen-bond donors (Lipinski definition) is 2. The summed E-state index contributed by atoms with van der Waals surface area (Å²) in [4.78, 5) is 6.92. The normalized spacial score (nSPS) is 12.4. The van der Waals surface area contributed by atoms with Crippen LogP contribution in [-0.4, -0.2) is 17.0 Å². The number of H-pyrrole nitrogens is 1. The van der Waals surface area contributed by atoms with Crippen molar-refractivity contribution >= 4 is 0 Å². The number of hydrogen-bond acceptors (Lipinski definition) is 2. The van der Waals surface area contributed by atoms with E-state index in [9.17, 15) is 0 Å². The Kier molecular flexibility index (Phi) is 2.08. The third-order valence-electron chi connectivity index (χ3n) is 1.25. The molecule has 0 radical (unpaired) electrons. The van der Waals surface area contributed by atoms with Crippen LogP contribution in [0.2, 0.25) is 0 Å². The average Bonchev–Trinajstić information content (AvgIpc) is 2.43. The molecule has 0 spiro atoms. The highest BCUT2D eigenvalue weighted by Gasteiger charge is 2.05. The number of aromatic amines is 1. The van der Waals surface area contributed by atoms with Gasteiger partial charge in [0.1, 0.15) is 11.9 Å². The molecule has 3 nitrogen and oxygen atoms in total. The maximum absolute atomic E-state index is 5.20. The fourth-order valence-corrected chi connectivity index (χ4v) is 0.734. The van der Waals surface area contributed by atoms with Crippen LogP contribution in [0.25, 0.3) is 0 Å². The van der Waals surface area contributed by atoms with Gasteiger partial charge in [-0.15, -0.1) is 6.42 Å². The van der Waals surface area contributed by atoms with Gasteiger partial charge in [0.25, 0.3) is 0 Å². The topological polar surface area (TPSA) is 40.7 Å². The van der Waals surface area contributed by atoms with Gasteiger partial charge in [0.05, 0.1) is 0 Å². The zero-order valence-corrected chi connectivity index (χ0v) is 5.76. The van der Waals surface area contributed by atoms with Crippen molar-refractivity contribution < 1.29 is 0 Å². The fraction of sp³-hybridized carbons (Fsp3) is 0.286. The molecule has 1 aromatic heterocycles. The standard InChI is InChI=1S/C7H9N3/c1-3-6(8-2)7-9-4-5-10-7/h1,4-6,8H,2H3,(H,9,10). The van der Waals surface area contributed by atoms with Gasteiger partial charge >= 0.3 is 0 Å². The van der Waals surface area contributed by atoms with E-state index < -0.39 is 0 Å². The van der Waals surface area contributed by atoms with Gasteiger partial charge < -0.3 is 10.3 Å². The number of terminal acetylenes is 1. The summed E-state index contributed by atoms with van der Waals surface area (Å²) in [6.45, 7) is 0. The molecule has 2 N–H and O–H groups in total. The van der Waals surface area contributed by atoms with Crippen molar-refractivity contribution in [1.82, 2.24) is 15.3 Å². The molecule has 1 atom stereocenters. The average molecular weight is 135 g/mol. The van der Waals surface area contributed by atoms with E-state index in [2.05, 4.69) is 21.2 Å². The van der Waals surface area contributed by atoms with Gasteiger partial charge in [0.2, 0.25) is 0 Å². The number of imidazole rings is 1. The summed E-state index contributed by atoms with van der Waals surface area (Å²) in [5.74, 6) is 3.33. The lowest BCUT2D eigenvalue weighted by Gasteiger charge is -2.03. The third-order valence-corrected chi connectivity index (χ3v) is 1.25. The minimum atomic E-state index is -0.102. The predicted octanol–water partition coefficient (Wildman–Crippen LogP) is 0.303. The lowest BCUT2D eigenvalue weighted by Crippen LogP contribution is -2.15. The summed E-state index contributed by atoms with van der Waals surface area (Å²) >= 11 is 0. The van der Waals surface area contributed by atoms with Crippen molar-refractivity contribution in [2.45, 2.75) is 6.04 Å². The maximum Gasteiger partial charge on any atom is 0.135 e. The van der Waals surface area contributed by atoms with Crippen LogP contribution in [0.3, 0.4) is 0 Å². The molecule has 3 heteroatoms. The summed E-state index contributed by atoms with van der Waals surface area (Å²) in [6.07, 6.45) is 8.63. The first kappa shape index (κ1) is 6.84. The monoisotopic (exact) mass is 135 g/mol. The summed E-state index contributed by atoms with van der Waals surface area (Å²) in [6, 6.07) is -0.102. The molecule has 0 fully saturated rings. The van der Waals surface area contributed by atoms with E-state index in [1.807, 2.05) is 0 Å². The first-order valence-electron chi connectivity index (χ1n) is 3.01. The number of nitrogens with zero attached hydrogens (tertiary/aromatic N) is 1. The van der Waals surface area contributed by atoms with Crippen LogP contribution < -0.4 is 5.32 Å². The first-order chi connectivity index (χ1) is 4.88. The van der Waals surface area contributed by atoms with Crippen molar-refractivity contribution in [3.63, 3.8) is 0 Å². The number of nitrogens with one attached hydrogen (secondary N) is 2. The Balaban J connectivity index is 2.76. The van der Waals surface area contributed by atoms with Crippen LogP contribution in [0.5, 0.6) is 0 Å². The Morgan fingerprint density at radius 3 is 3.10 bits per heavy atom. The van der Waals surface area contributed by atoms with Crippen LogP contribution in [0, 0.1) is 12.3 Å². The van der Waals surface area contributed by atoms with Gasteiger partial charge in [-0.3, -0.25) is 0 Å². The van der Waals surface area contributed by atoms with Gasteiger partial charge in [-0.1, -0.05) is 5.92 Å². The molecule has 1 heterocycles. The van der Waals surface area contributed by atoms with Crippen molar-refractivity contribution in [2.75, 3.05) is 7.05 Å². The Hall–Kier alpha value is -1.27. The van der Waals surface area contributed by atoms with Crippen LogP contribution >= 0.6 is 0 Å². The summed E-state index contributed by atoms with van der Waals surface area (Å²) in [5.41, 5.74) is 0. The molecule has 0 saturated carbocycles. The molecule has 0 aliphatic carbocycles. The molecule has 0 saturated heterocycles. The van der Waals surface area contributed by atoms with Crippen molar-refractivity contribution in [3.8, 4) is 12.3 Å². The zero-order chi connectivity index (χ0) is 7.40. The van der Waals surface area contributed by atoms with Crippen molar-refractivity contribution in [1.29, 1.82) is 0 Å². The molecule has 0 aromatic carbocycles. The van der Waals surface area contributed by atoms with Gasteiger partial charge in [-0.25, -0.2) is 4.98 Å². The first-order valence-corrected chi connectivity index (χ1v) is 3.01. The second kappa shape index (κ2) is 3.04. The Labute approximate surface area is 59.9 Å². The largest absolute Gasteiger partial charge is 0.346 e. The summed E-state index contributed by atoms with van der Waals surface area (Å²) in [7, 11) is 1.80. The lowest BCUT2D eigenvalue weighted by atomic mass is 10.3. The molecule has 0 bridgehead atoms. The Morgan fingerprint density at radius 1 is 1.90 bits per heavy atom. The molecular formula is C7H9N3. The number of rotatable bonds is 2. The van der Waals surface area contributed by atoms with E-state index >= 15 is 0 Å². The van der Waals surface area contributed by atoms with Crippen LogP contribution in [0.15, 0.2) is 12.4 Å². The molecule has 0 aliphatic heterocycles. The molecule has 0 aliphatic rings. The Morgan fingerprint density at radius 2 is 2.70 bits per heavy atom. The van der Waals surface area contributed by atoms with Crippen molar-refractivity contribution in [3.05, 3.63) is 18.2 Å². The zero-order valence-electron chi connectivity index (χ0n) is 5.76. The van der Waals surface area contributed by atoms with Crippen molar-refractivity contribution in [2.24, 2.45) is 0 Å².